The Kier molecular flexibility index (Phi) is 4.43. The molecule has 19 heavy (non-hydrogen) atoms. The third-order valence-corrected chi connectivity index (χ3v) is 3.45. The van der Waals surface area contributed by atoms with E-state index in [4.69, 9.17) is 4.74 Å². The van der Waals surface area contributed by atoms with E-state index < -0.39 is 0 Å². The minimum Gasteiger partial charge on any atom is -0.496 e. The maximum atomic E-state index is 13.1. The molecule has 0 saturated carbocycles. The molecule has 2 nitrogen and oxygen atoms in total. The Hall–Kier alpha value is -1.55. The van der Waals surface area contributed by atoms with Crippen molar-refractivity contribution in [3.63, 3.8) is 0 Å². The van der Waals surface area contributed by atoms with E-state index in [1.165, 1.54) is 11.6 Å². The third kappa shape index (κ3) is 3.47. The fourth-order valence-electron chi connectivity index (χ4n) is 1.85. The van der Waals surface area contributed by atoms with Crippen molar-refractivity contribution in [2.24, 2.45) is 0 Å². The first-order valence-electron chi connectivity index (χ1n) is 5.92. The number of hydrogen-bond donors (Lipinski definition) is 1. The number of methoxy groups -OCH3 is 1. The second kappa shape index (κ2) is 6.06. The van der Waals surface area contributed by atoms with Crippen LogP contribution in [0.3, 0.4) is 0 Å². The molecule has 2 aromatic rings. The molecule has 0 amide bonds. The maximum absolute atomic E-state index is 13.1. The molecule has 0 saturated heterocycles. The van der Waals surface area contributed by atoms with Gasteiger partial charge in [-0.3, -0.25) is 0 Å². The molecule has 0 bridgehead atoms. The van der Waals surface area contributed by atoms with E-state index in [-0.39, 0.29) is 5.82 Å². The maximum Gasteiger partial charge on any atom is 0.137 e. The zero-order valence-corrected chi connectivity index (χ0v) is 12.4. The third-order valence-electron chi connectivity index (χ3n) is 2.84. The Labute approximate surface area is 120 Å². The van der Waals surface area contributed by atoms with Gasteiger partial charge >= 0.3 is 0 Å². The van der Waals surface area contributed by atoms with Crippen LogP contribution >= 0.6 is 15.9 Å². The summed E-state index contributed by atoms with van der Waals surface area (Å²) in [7, 11) is 1.66. The molecule has 0 heterocycles. The minimum atomic E-state index is -0.265. The van der Waals surface area contributed by atoms with Gasteiger partial charge in [-0.05, 0) is 47.1 Å². The first kappa shape index (κ1) is 13.9. The van der Waals surface area contributed by atoms with Crippen LogP contribution in [0, 0.1) is 12.7 Å². The molecule has 0 aliphatic rings. The lowest BCUT2D eigenvalue weighted by molar-refractivity contribution is 0.410. The van der Waals surface area contributed by atoms with E-state index in [9.17, 15) is 4.39 Å². The molecular formula is C15H15BrFNO. The molecule has 0 atom stereocenters. The minimum absolute atomic E-state index is 0.265. The number of aryl methyl sites for hydroxylation is 1. The summed E-state index contributed by atoms with van der Waals surface area (Å²) in [6, 6.07) is 10.9. The number of ether oxygens (including phenoxy) is 1. The van der Waals surface area contributed by atoms with Crippen molar-refractivity contribution < 1.29 is 9.13 Å². The average Bonchev–Trinajstić information content (AvgIpc) is 2.40. The lowest BCUT2D eigenvalue weighted by Gasteiger charge is -2.12. The second-order valence-corrected chi connectivity index (χ2v) is 5.15. The first-order chi connectivity index (χ1) is 9.10. The van der Waals surface area contributed by atoms with Crippen LogP contribution in [0.4, 0.5) is 10.1 Å². The fourth-order valence-corrected chi connectivity index (χ4v) is 2.23. The Morgan fingerprint density at radius 2 is 2.00 bits per heavy atom. The van der Waals surface area contributed by atoms with Gasteiger partial charge in [0.1, 0.15) is 11.6 Å². The highest BCUT2D eigenvalue weighted by molar-refractivity contribution is 9.10. The van der Waals surface area contributed by atoms with E-state index in [0.717, 1.165) is 17.0 Å². The summed E-state index contributed by atoms with van der Waals surface area (Å²) in [5, 5.41) is 3.25. The SMILES string of the molecule is COc1ccc(C)cc1CNc1ccc(F)c(Br)c1. The van der Waals surface area contributed by atoms with E-state index in [1.54, 1.807) is 19.2 Å². The number of nitrogens with one attached hydrogen (secondary N) is 1. The van der Waals surface area contributed by atoms with Gasteiger partial charge in [0.15, 0.2) is 0 Å². The molecule has 4 heteroatoms. The molecular weight excluding hydrogens is 309 g/mol. The van der Waals surface area contributed by atoms with Crippen LogP contribution in [-0.4, -0.2) is 7.11 Å². The standard InChI is InChI=1S/C15H15BrFNO/c1-10-3-6-15(19-2)11(7-10)9-18-12-4-5-14(17)13(16)8-12/h3-8,18H,9H2,1-2H3. The summed E-state index contributed by atoms with van der Waals surface area (Å²) >= 11 is 3.17. The molecule has 100 valence electrons. The van der Waals surface area contributed by atoms with E-state index in [1.807, 2.05) is 19.1 Å². The first-order valence-corrected chi connectivity index (χ1v) is 6.72. The molecule has 1 N–H and O–H groups in total. The van der Waals surface area contributed by atoms with Gasteiger partial charge in [-0.15, -0.1) is 0 Å². The Balaban J connectivity index is 2.13. The highest BCUT2D eigenvalue weighted by atomic mass is 79.9. The van der Waals surface area contributed by atoms with Gasteiger partial charge in [-0.25, -0.2) is 4.39 Å². The molecule has 0 radical (unpaired) electrons. The summed E-state index contributed by atoms with van der Waals surface area (Å²) in [5.74, 6) is 0.581. The van der Waals surface area contributed by atoms with E-state index in [2.05, 4.69) is 27.3 Å². The monoisotopic (exact) mass is 323 g/mol. The molecule has 0 aliphatic carbocycles. The highest BCUT2D eigenvalue weighted by Crippen LogP contribution is 2.23. The summed E-state index contributed by atoms with van der Waals surface area (Å²) < 4.78 is 18.9. The van der Waals surface area contributed by atoms with Crippen LogP contribution in [-0.2, 0) is 6.54 Å². The van der Waals surface area contributed by atoms with Gasteiger partial charge in [-0.1, -0.05) is 17.7 Å². The van der Waals surface area contributed by atoms with Crippen LogP contribution in [0.5, 0.6) is 5.75 Å². The van der Waals surface area contributed by atoms with Crippen molar-refractivity contribution in [2.75, 3.05) is 12.4 Å². The van der Waals surface area contributed by atoms with Gasteiger partial charge in [0.25, 0.3) is 0 Å². The van der Waals surface area contributed by atoms with Crippen LogP contribution in [0.25, 0.3) is 0 Å². The number of hydrogen-bond acceptors (Lipinski definition) is 2. The largest absolute Gasteiger partial charge is 0.496 e. The van der Waals surface area contributed by atoms with Crippen LogP contribution < -0.4 is 10.1 Å². The zero-order valence-electron chi connectivity index (χ0n) is 10.8. The predicted octanol–water partition coefficient (Wildman–Crippen LogP) is 4.52. The summed E-state index contributed by atoms with van der Waals surface area (Å²) in [4.78, 5) is 0. The summed E-state index contributed by atoms with van der Waals surface area (Å²) in [6.07, 6.45) is 0. The van der Waals surface area contributed by atoms with Crippen molar-refractivity contribution in [1.29, 1.82) is 0 Å². The Bertz CT molecular complexity index is 586. The summed E-state index contributed by atoms with van der Waals surface area (Å²) in [6.45, 7) is 2.67. The molecule has 0 aliphatic heterocycles. The van der Waals surface area contributed by atoms with Crippen molar-refractivity contribution >= 4 is 21.6 Å². The fraction of sp³-hybridized carbons (Fsp3) is 0.200. The normalized spacial score (nSPS) is 10.3. The highest BCUT2D eigenvalue weighted by Gasteiger charge is 2.04. The van der Waals surface area contributed by atoms with Gasteiger partial charge in [0.2, 0.25) is 0 Å². The number of benzene rings is 2. The van der Waals surface area contributed by atoms with Gasteiger partial charge in [0, 0.05) is 17.8 Å². The summed E-state index contributed by atoms with van der Waals surface area (Å²) in [5.41, 5.74) is 3.11. The van der Waals surface area contributed by atoms with Crippen molar-refractivity contribution in [1.82, 2.24) is 0 Å². The molecule has 0 unspecified atom stereocenters. The van der Waals surface area contributed by atoms with Crippen molar-refractivity contribution in [3.8, 4) is 5.75 Å². The molecule has 2 rings (SSSR count). The second-order valence-electron chi connectivity index (χ2n) is 4.30. The lowest BCUT2D eigenvalue weighted by Crippen LogP contribution is -2.02. The predicted molar refractivity (Wildman–Crippen MR) is 79.2 cm³/mol. The van der Waals surface area contributed by atoms with E-state index >= 15 is 0 Å². The topological polar surface area (TPSA) is 21.3 Å². The van der Waals surface area contributed by atoms with Crippen molar-refractivity contribution in [2.45, 2.75) is 13.5 Å². The molecule has 0 aromatic heterocycles. The van der Waals surface area contributed by atoms with Gasteiger partial charge < -0.3 is 10.1 Å². The van der Waals surface area contributed by atoms with Crippen LogP contribution in [0.2, 0.25) is 0 Å². The van der Waals surface area contributed by atoms with Crippen LogP contribution in [0.15, 0.2) is 40.9 Å². The van der Waals surface area contributed by atoms with Gasteiger partial charge in [-0.2, -0.15) is 0 Å². The lowest BCUT2D eigenvalue weighted by atomic mass is 10.1. The van der Waals surface area contributed by atoms with E-state index in [0.29, 0.717) is 11.0 Å². The number of halogens is 2. The zero-order chi connectivity index (χ0) is 13.8. The average molecular weight is 324 g/mol. The Morgan fingerprint density at radius 3 is 2.68 bits per heavy atom. The van der Waals surface area contributed by atoms with Crippen molar-refractivity contribution in [3.05, 3.63) is 57.8 Å². The Morgan fingerprint density at radius 1 is 1.21 bits per heavy atom. The smallest absolute Gasteiger partial charge is 0.137 e. The van der Waals surface area contributed by atoms with Gasteiger partial charge in [0.05, 0.1) is 11.6 Å². The number of anilines is 1. The molecule has 0 spiro atoms. The molecule has 0 fully saturated rings. The quantitative estimate of drug-likeness (QED) is 0.893. The number of rotatable bonds is 4. The molecule has 2 aromatic carbocycles. The van der Waals surface area contributed by atoms with Crippen LogP contribution in [0.1, 0.15) is 11.1 Å².